The predicted octanol–water partition coefficient (Wildman–Crippen LogP) is 4.18. The SMILES string of the molecule is COc1ccc(OC)c(-c2csc(N3CCC(S(=O)(=O)c4ccc([N+](=O)[O-])cc4)CC3)n2)c1. The van der Waals surface area contributed by atoms with Crippen LogP contribution in [0.4, 0.5) is 10.8 Å². The van der Waals surface area contributed by atoms with E-state index in [1.807, 2.05) is 23.6 Å². The van der Waals surface area contributed by atoms with Gasteiger partial charge in [0.15, 0.2) is 15.0 Å². The van der Waals surface area contributed by atoms with Crippen LogP contribution in [0.1, 0.15) is 12.8 Å². The van der Waals surface area contributed by atoms with Gasteiger partial charge < -0.3 is 14.4 Å². The second-order valence-corrected chi connectivity index (χ2v) is 10.6. The monoisotopic (exact) mass is 489 g/mol. The first kappa shape index (κ1) is 23.0. The van der Waals surface area contributed by atoms with E-state index < -0.39 is 20.0 Å². The van der Waals surface area contributed by atoms with Gasteiger partial charge in [-0.2, -0.15) is 0 Å². The molecule has 2 heterocycles. The van der Waals surface area contributed by atoms with Crippen molar-refractivity contribution in [1.82, 2.24) is 4.98 Å². The van der Waals surface area contributed by atoms with Crippen molar-refractivity contribution in [3.63, 3.8) is 0 Å². The number of nitro groups is 1. The fraction of sp³-hybridized carbons (Fsp3) is 0.318. The lowest BCUT2D eigenvalue weighted by molar-refractivity contribution is -0.384. The molecule has 2 aromatic carbocycles. The first-order valence-corrected chi connectivity index (χ1v) is 12.7. The van der Waals surface area contributed by atoms with Gasteiger partial charge in [-0.25, -0.2) is 13.4 Å². The number of ether oxygens (including phenoxy) is 2. The quantitative estimate of drug-likeness (QED) is 0.359. The number of benzene rings is 2. The minimum absolute atomic E-state index is 0.119. The molecule has 0 bridgehead atoms. The molecule has 0 amide bonds. The van der Waals surface area contributed by atoms with Crippen molar-refractivity contribution in [2.75, 3.05) is 32.2 Å². The van der Waals surface area contributed by atoms with Crippen molar-refractivity contribution in [2.45, 2.75) is 23.0 Å². The number of non-ortho nitro benzene ring substituents is 1. The number of hydrogen-bond acceptors (Lipinski definition) is 9. The molecule has 3 aromatic rings. The molecule has 33 heavy (non-hydrogen) atoms. The second-order valence-electron chi connectivity index (χ2n) is 7.56. The highest BCUT2D eigenvalue weighted by molar-refractivity contribution is 7.92. The Kier molecular flexibility index (Phi) is 6.52. The number of anilines is 1. The maximum Gasteiger partial charge on any atom is 0.269 e. The van der Waals surface area contributed by atoms with Crippen LogP contribution in [0.25, 0.3) is 11.3 Å². The minimum Gasteiger partial charge on any atom is -0.497 e. The van der Waals surface area contributed by atoms with Crippen LogP contribution in [-0.2, 0) is 9.84 Å². The minimum atomic E-state index is -3.56. The van der Waals surface area contributed by atoms with Crippen molar-refractivity contribution in [3.8, 4) is 22.8 Å². The number of sulfone groups is 1. The molecule has 1 aliphatic heterocycles. The van der Waals surface area contributed by atoms with Gasteiger partial charge in [0.2, 0.25) is 0 Å². The maximum absolute atomic E-state index is 13.0. The third-order valence-electron chi connectivity index (χ3n) is 5.70. The predicted molar refractivity (Wildman–Crippen MR) is 126 cm³/mol. The lowest BCUT2D eigenvalue weighted by Crippen LogP contribution is -2.39. The van der Waals surface area contributed by atoms with Crippen molar-refractivity contribution in [3.05, 3.63) is 58.0 Å². The average molecular weight is 490 g/mol. The Balaban J connectivity index is 1.47. The summed E-state index contributed by atoms with van der Waals surface area (Å²) in [5, 5.41) is 13.1. The Bertz CT molecular complexity index is 1250. The van der Waals surface area contributed by atoms with Gasteiger partial charge in [-0.15, -0.1) is 11.3 Å². The first-order valence-electron chi connectivity index (χ1n) is 10.2. The molecule has 0 atom stereocenters. The van der Waals surface area contributed by atoms with Gasteiger partial charge in [-0.3, -0.25) is 10.1 Å². The van der Waals surface area contributed by atoms with Crippen LogP contribution in [0.2, 0.25) is 0 Å². The number of nitro benzene ring substituents is 1. The van der Waals surface area contributed by atoms with E-state index in [-0.39, 0.29) is 10.6 Å². The zero-order valence-electron chi connectivity index (χ0n) is 18.1. The van der Waals surface area contributed by atoms with Gasteiger partial charge in [-0.05, 0) is 43.2 Å². The van der Waals surface area contributed by atoms with Crippen molar-refractivity contribution in [1.29, 1.82) is 0 Å². The lowest BCUT2D eigenvalue weighted by Gasteiger charge is -2.31. The molecule has 0 radical (unpaired) electrons. The fourth-order valence-electron chi connectivity index (χ4n) is 3.85. The highest BCUT2D eigenvalue weighted by Crippen LogP contribution is 2.37. The summed E-state index contributed by atoms with van der Waals surface area (Å²) in [6.45, 7) is 1.11. The molecule has 0 saturated carbocycles. The van der Waals surface area contributed by atoms with Crippen molar-refractivity contribution in [2.24, 2.45) is 0 Å². The van der Waals surface area contributed by atoms with E-state index >= 15 is 0 Å². The third kappa shape index (κ3) is 4.64. The van der Waals surface area contributed by atoms with Gasteiger partial charge in [0, 0.05) is 36.2 Å². The topological polar surface area (TPSA) is 112 Å². The highest BCUT2D eigenvalue weighted by Gasteiger charge is 2.32. The number of rotatable bonds is 7. The molecule has 0 N–H and O–H groups in total. The van der Waals surface area contributed by atoms with Crippen LogP contribution in [0.15, 0.2) is 52.7 Å². The summed E-state index contributed by atoms with van der Waals surface area (Å²) in [5.74, 6) is 1.40. The fourth-order valence-corrected chi connectivity index (χ4v) is 6.47. The standard InChI is InChI=1S/C22H23N3O6S2/c1-30-16-5-8-21(31-2)19(13-16)20-14-32-22(23-20)24-11-9-18(10-12-24)33(28,29)17-6-3-15(4-7-17)25(26)27/h3-8,13-14,18H,9-12H2,1-2H3. The van der Waals surface area contributed by atoms with Crippen LogP contribution in [0.3, 0.4) is 0 Å². The largest absolute Gasteiger partial charge is 0.497 e. The normalized spacial score (nSPS) is 14.8. The summed E-state index contributed by atoms with van der Waals surface area (Å²) < 4.78 is 36.8. The molecule has 1 saturated heterocycles. The van der Waals surface area contributed by atoms with E-state index in [0.717, 1.165) is 16.4 Å². The van der Waals surface area contributed by atoms with Crippen molar-refractivity contribution < 1.29 is 22.8 Å². The zero-order valence-corrected chi connectivity index (χ0v) is 19.8. The Morgan fingerprint density at radius 3 is 2.39 bits per heavy atom. The molecule has 0 aliphatic carbocycles. The van der Waals surface area contributed by atoms with Gasteiger partial charge in [-0.1, -0.05) is 0 Å². The summed E-state index contributed by atoms with van der Waals surface area (Å²) >= 11 is 1.50. The number of methoxy groups -OCH3 is 2. The molecule has 1 aromatic heterocycles. The summed E-state index contributed by atoms with van der Waals surface area (Å²) in [4.78, 5) is 17.2. The molecular weight excluding hydrogens is 466 g/mol. The molecule has 0 unspecified atom stereocenters. The number of aromatic nitrogens is 1. The Morgan fingerprint density at radius 1 is 1.09 bits per heavy atom. The van der Waals surface area contributed by atoms with E-state index in [0.29, 0.717) is 37.4 Å². The molecule has 0 spiro atoms. The molecule has 9 nitrogen and oxygen atoms in total. The number of hydrogen-bond donors (Lipinski definition) is 0. The lowest BCUT2D eigenvalue weighted by atomic mass is 10.1. The van der Waals surface area contributed by atoms with E-state index in [1.54, 1.807) is 14.2 Å². The molecule has 174 valence electrons. The average Bonchev–Trinajstić information content (AvgIpc) is 3.34. The first-order chi connectivity index (χ1) is 15.8. The third-order valence-corrected chi connectivity index (χ3v) is 8.88. The van der Waals surface area contributed by atoms with Crippen LogP contribution in [0.5, 0.6) is 11.5 Å². The van der Waals surface area contributed by atoms with Crippen molar-refractivity contribution >= 4 is 32.0 Å². The van der Waals surface area contributed by atoms with Crippen LogP contribution in [0, 0.1) is 10.1 Å². The molecule has 4 rings (SSSR count). The van der Waals surface area contributed by atoms with Crippen LogP contribution < -0.4 is 14.4 Å². The summed E-state index contributed by atoms with van der Waals surface area (Å²) in [6.07, 6.45) is 0.910. The molecule has 11 heteroatoms. The summed E-state index contributed by atoms with van der Waals surface area (Å²) in [5.41, 5.74) is 1.47. The summed E-state index contributed by atoms with van der Waals surface area (Å²) in [6, 6.07) is 10.6. The van der Waals surface area contributed by atoms with Crippen LogP contribution >= 0.6 is 11.3 Å². The van der Waals surface area contributed by atoms with E-state index in [9.17, 15) is 18.5 Å². The Labute approximate surface area is 195 Å². The van der Waals surface area contributed by atoms with Gasteiger partial charge in [0.25, 0.3) is 5.69 Å². The van der Waals surface area contributed by atoms with E-state index in [2.05, 4.69) is 4.90 Å². The number of piperidine rings is 1. The molecule has 1 fully saturated rings. The van der Waals surface area contributed by atoms with E-state index in [1.165, 1.54) is 35.6 Å². The Morgan fingerprint density at radius 2 is 1.79 bits per heavy atom. The zero-order chi connectivity index (χ0) is 23.6. The summed E-state index contributed by atoms with van der Waals surface area (Å²) in [7, 11) is -0.351. The van der Waals surface area contributed by atoms with Gasteiger partial charge in [0.05, 0.1) is 35.0 Å². The van der Waals surface area contributed by atoms with E-state index in [4.69, 9.17) is 14.5 Å². The van der Waals surface area contributed by atoms with Gasteiger partial charge >= 0.3 is 0 Å². The smallest absolute Gasteiger partial charge is 0.269 e. The maximum atomic E-state index is 13.0. The second kappa shape index (κ2) is 9.36. The molecular formula is C22H23N3O6S2. The van der Waals surface area contributed by atoms with Gasteiger partial charge in [0.1, 0.15) is 11.5 Å². The molecule has 1 aliphatic rings. The number of nitrogens with zero attached hydrogens (tertiary/aromatic N) is 3. The Hall–Kier alpha value is -3.18. The highest BCUT2D eigenvalue weighted by atomic mass is 32.2. The number of thiazole rings is 1. The van der Waals surface area contributed by atoms with Crippen LogP contribution in [-0.4, -0.2) is 50.9 Å².